The Morgan fingerprint density at radius 1 is 1.17 bits per heavy atom. The Labute approximate surface area is 143 Å². The number of aryl methyl sites for hydroxylation is 1. The Balaban J connectivity index is 1.55. The van der Waals surface area contributed by atoms with Crippen LogP contribution >= 0.6 is 0 Å². The molecule has 2 aliphatic rings. The van der Waals surface area contributed by atoms with Crippen molar-refractivity contribution in [2.45, 2.75) is 70.9 Å². The molecule has 0 saturated heterocycles. The van der Waals surface area contributed by atoms with Gasteiger partial charge >= 0.3 is 0 Å². The molecule has 128 valence electrons. The van der Waals surface area contributed by atoms with E-state index in [1.54, 1.807) is 0 Å². The number of imidazole rings is 1. The minimum absolute atomic E-state index is 0.0585. The average molecular weight is 325 g/mol. The summed E-state index contributed by atoms with van der Waals surface area (Å²) >= 11 is 0. The molecule has 4 nitrogen and oxygen atoms in total. The van der Waals surface area contributed by atoms with Crippen molar-refractivity contribution in [3.63, 3.8) is 0 Å². The lowest BCUT2D eigenvalue weighted by molar-refractivity contribution is 0.0933. The second kappa shape index (κ2) is 6.58. The lowest BCUT2D eigenvalue weighted by Crippen LogP contribution is -2.34. The van der Waals surface area contributed by atoms with E-state index in [4.69, 9.17) is 4.98 Å². The van der Waals surface area contributed by atoms with Crippen LogP contribution < -0.4 is 5.32 Å². The van der Waals surface area contributed by atoms with E-state index >= 15 is 0 Å². The van der Waals surface area contributed by atoms with Crippen LogP contribution in [-0.4, -0.2) is 21.5 Å². The van der Waals surface area contributed by atoms with Gasteiger partial charge in [0.1, 0.15) is 5.82 Å². The smallest absolute Gasteiger partial charge is 0.251 e. The molecule has 4 rings (SSSR count). The molecule has 1 unspecified atom stereocenters. The number of carbonyl (C=O) groups excluding carboxylic acids is 1. The van der Waals surface area contributed by atoms with E-state index in [0.717, 1.165) is 36.9 Å². The van der Waals surface area contributed by atoms with Gasteiger partial charge in [-0.15, -0.1) is 0 Å². The molecule has 2 heterocycles. The predicted octanol–water partition coefficient (Wildman–Crippen LogP) is 4.07. The Kier molecular flexibility index (Phi) is 4.30. The Morgan fingerprint density at radius 2 is 1.96 bits per heavy atom. The van der Waals surface area contributed by atoms with Gasteiger partial charge in [-0.25, -0.2) is 4.98 Å². The Morgan fingerprint density at radius 3 is 2.75 bits per heavy atom. The lowest BCUT2D eigenvalue weighted by Gasteiger charge is -2.20. The molecular weight excluding hydrogens is 298 g/mol. The third-order valence-electron chi connectivity index (χ3n) is 5.66. The summed E-state index contributed by atoms with van der Waals surface area (Å²) in [6, 6.07) is 6.34. The number of hydrogen-bond donors (Lipinski definition) is 1. The summed E-state index contributed by atoms with van der Waals surface area (Å²) in [5, 5.41) is 3.24. The molecule has 1 amide bonds. The summed E-state index contributed by atoms with van der Waals surface area (Å²) in [6.45, 7) is 3.33. The molecule has 1 aromatic carbocycles. The van der Waals surface area contributed by atoms with E-state index in [9.17, 15) is 4.79 Å². The van der Waals surface area contributed by atoms with Gasteiger partial charge in [0.25, 0.3) is 5.91 Å². The Hall–Kier alpha value is -1.84. The zero-order chi connectivity index (χ0) is 16.5. The average Bonchev–Trinajstić information content (AvgIpc) is 2.74. The number of amides is 1. The molecule has 2 aromatic rings. The minimum Gasteiger partial charge on any atom is -0.349 e. The van der Waals surface area contributed by atoms with Gasteiger partial charge in [-0.05, 0) is 43.4 Å². The van der Waals surface area contributed by atoms with Gasteiger partial charge in [0.2, 0.25) is 0 Å². The predicted molar refractivity (Wildman–Crippen MR) is 96.2 cm³/mol. The third kappa shape index (κ3) is 3.06. The summed E-state index contributed by atoms with van der Waals surface area (Å²) < 4.78 is 2.32. The first kappa shape index (κ1) is 15.7. The highest BCUT2D eigenvalue weighted by molar-refractivity contribution is 5.97. The van der Waals surface area contributed by atoms with Crippen LogP contribution in [0.4, 0.5) is 0 Å². The van der Waals surface area contributed by atoms with Gasteiger partial charge < -0.3 is 9.88 Å². The third-order valence-corrected chi connectivity index (χ3v) is 5.66. The van der Waals surface area contributed by atoms with Crippen LogP contribution in [0.3, 0.4) is 0 Å². The van der Waals surface area contributed by atoms with E-state index in [2.05, 4.69) is 22.9 Å². The van der Waals surface area contributed by atoms with Crippen molar-refractivity contribution in [1.82, 2.24) is 14.9 Å². The van der Waals surface area contributed by atoms with Crippen molar-refractivity contribution in [2.24, 2.45) is 5.92 Å². The summed E-state index contributed by atoms with van der Waals surface area (Å²) in [5.41, 5.74) is 2.88. The van der Waals surface area contributed by atoms with Gasteiger partial charge in [0.05, 0.1) is 11.0 Å². The van der Waals surface area contributed by atoms with Gasteiger partial charge in [0, 0.05) is 24.6 Å². The topological polar surface area (TPSA) is 46.9 Å². The van der Waals surface area contributed by atoms with Crippen LogP contribution in [-0.2, 0) is 13.0 Å². The van der Waals surface area contributed by atoms with Crippen molar-refractivity contribution in [3.8, 4) is 0 Å². The number of fused-ring (bicyclic) bond motifs is 3. The normalized spacial score (nSPS) is 22.1. The molecule has 0 radical (unpaired) electrons. The largest absolute Gasteiger partial charge is 0.349 e. The monoisotopic (exact) mass is 325 g/mol. The van der Waals surface area contributed by atoms with Crippen LogP contribution in [0.2, 0.25) is 0 Å². The molecule has 1 fully saturated rings. The lowest BCUT2D eigenvalue weighted by atomic mass is 10.0. The van der Waals surface area contributed by atoms with Crippen LogP contribution in [0.5, 0.6) is 0 Å². The number of nitrogens with zero attached hydrogens (tertiary/aromatic N) is 2. The highest BCUT2D eigenvalue weighted by Gasteiger charge is 2.21. The summed E-state index contributed by atoms with van der Waals surface area (Å²) in [7, 11) is 0. The number of nitrogens with one attached hydrogen (secondary N) is 1. The molecule has 1 aliphatic heterocycles. The standard InChI is InChI=1S/C20H27N3O/c1-14-10-11-23-18-9-8-15(13-17(18)22-19(23)12-14)20(24)21-16-6-4-2-3-5-7-16/h8-9,13-14,16H,2-7,10-12H2,1H3,(H,21,24). The highest BCUT2D eigenvalue weighted by Crippen LogP contribution is 2.26. The van der Waals surface area contributed by atoms with E-state index in [1.165, 1.54) is 43.4 Å². The molecule has 1 aliphatic carbocycles. The molecule has 4 heteroatoms. The van der Waals surface area contributed by atoms with Crippen LogP contribution in [0, 0.1) is 5.92 Å². The second-order valence-corrected chi connectivity index (χ2v) is 7.64. The summed E-state index contributed by atoms with van der Waals surface area (Å²) in [6.07, 6.45) is 9.55. The van der Waals surface area contributed by atoms with Crippen LogP contribution in [0.1, 0.15) is 68.1 Å². The van der Waals surface area contributed by atoms with Gasteiger partial charge in [-0.3, -0.25) is 4.79 Å². The fraction of sp³-hybridized carbons (Fsp3) is 0.600. The Bertz CT molecular complexity index is 741. The number of rotatable bonds is 2. The molecule has 0 spiro atoms. The van der Waals surface area contributed by atoms with Gasteiger partial charge in [-0.2, -0.15) is 0 Å². The zero-order valence-electron chi connectivity index (χ0n) is 14.6. The van der Waals surface area contributed by atoms with Crippen molar-refractivity contribution in [3.05, 3.63) is 29.6 Å². The first-order chi connectivity index (χ1) is 11.7. The maximum Gasteiger partial charge on any atom is 0.251 e. The minimum atomic E-state index is 0.0585. The molecule has 1 atom stereocenters. The van der Waals surface area contributed by atoms with Gasteiger partial charge in [-0.1, -0.05) is 32.6 Å². The van der Waals surface area contributed by atoms with Crippen molar-refractivity contribution < 1.29 is 4.79 Å². The van der Waals surface area contributed by atoms with Crippen LogP contribution in [0.15, 0.2) is 18.2 Å². The van der Waals surface area contributed by atoms with Crippen molar-refractivity contribution in [2.75, 3.05) is 0 Å². The number of hydrogen-bond acceptors (Lipinski definition) is 2. The first-order valence-electron chi connectivity index (χ1n) is 9.51. The number of carbonyl (C=O) groups is 1. The fourth-order valence-electron chi connectivity index (χ4n) is 4.18. The molecular formula is C20H27N3O. The second-order valence-electron chi connectivity index (χ2n) is 7.64. The SMILES string of the molecule is CC1CCn2c(nc3cc(C(=O)NC4CCCCCC4)ccc32)C1. The van der Waals surface area contributed by atoms with E-state index in [-0.39, 0.29) is 5.91 Å². The quantitative estimate of drug-likeness (QED) is 0.846. The zero-order valence-corrected chi connectivity index (χ0v) is 14.6. The summed E-state index contributed by atoms with van der Waals surface area (Å²) in [4.78, 5) is 17.4. The van der Waals surface area contributed by atoms with E-state index in [0.29, 0.717) is 12.0 Å². The molecule has 1 aromatic heterocycles. The van der Waals surface area contributed by atoms with Gasteiger partial charge in [0.15, 0.2) is 0 Å². The van der Waals surface area contributed by atoms with E-state index in [1.807, 2.05) is 12.1 Å². The fourth-order valence-corrected chi connectivity index (χ4v) is 4.18. The maximum atomic E-state index is 12.6. The van der Waals surface area contributed by atoms with E-state index < -0.39 is 0 Å². The first-order valence-corrected chi connectivity index (χ1v) is 9.51. The maximum absolute atomic E-state index is 12.6. The molecule has 1 N–H and O–H groups in total. The van der Waals surface area contributed by atoms with Crippen LogP contribution in [0.25, 0.3) is 11.0 Å². The molecule has 24 heavy (non-hydrogen) atoms. The summed E-state index contributed by atoms with van der Waals surface area (Å²) in [5.74, 6) is 1.93. The molecule has 0 bridgehead atoms. The number of aromatic nitrogens is 2. The highest BCUT2D eigenvalue weighted by atomic mass is 16.1. The van der Waals surface area contributed by atoms with Crippen molar-refractivity contribution >= 4 is 16.9 Å². The molecule has 1 saturated carbocycles. The van der Waals surface area contributed by atoms with Crippen molar-refractivity contribution in [1.29, 1.82) is 0 Å². The number of benzene rings is 1.